The van der Waals surface area contributed by atoms with Gasteiger partial charge in [0.2, 0.25) is 0 Å². The van der Waals surface area contributed by atoms with Crippen LogP contribution in [-0.2, 0) is 9.59 Å². The van der Waals surface area contributed by atoms with Gasteiger partial charge >= 0.3 is 0 Å². The number of benzene rings is 1. The molecule has 0 unspecified atom stereocenters. The number of rotatable bonds is 6. The van der Waals surface area contributed by atoms with Gasteiger partial charge in [0.15, 0.2) is 0 Å². The van der Waals surface area contributed by atoms with Gasteiger partial charge in [-0.05, 0) is 43.0 Å². The average molecular weight is 355 g/mol. The molecule has 1 heterocycles. The Hall–Kier alpha value is -1.37. The standard InChI is InChI=1S/C15H14ClNO3S2/c16-11-6-4-10(5-7-11)9-12-14(20)17(15(21)22-12)8-2-1-3-13(18)19/h4-7,9H,1-3,8H2,(H,18,19)/p-1/b12-9+. The van der Waals surface area contributed by atoms with Crippen molar-refractivity contribution in [3.8, 4) is 0 Å². The van der Waals surface area contributed by atoms with Gasteiger partial charge in [0, 0.05) is 17.5 Å². The molecule has 22 heavy (non-hydrogen) atoms. The van der Waals surface area contributed by atoms with E-state index >= 15 is 0 Å². The third kappa shape index (κ3) is 4.56. The van der Waals surface area contributed by atoms with Crippen molar-refractivity contribution in [2.45, 2.75) is 19.3 Å². The van der Waals surface area contributed by atoms with Crippen LogP contribution >= 0.6 is 35.6 Å². The molecule has 0 N–H and O–H groups in total. The maximum atomic E-state index is 12.3. The summed E-state index contributed by atoms with van der Waals surface area (Å²) in [7, 11) is 0. The second-order valence-corrected chi connectivity index (χ2v) is 6.83. The second kappa shape index (κ2) is 7.76. The minimum atomic E-state index is -1.08. The minimum Gasteiger partial charge on any atom is -0.550 e. The van der Waals surface area contributed by atoms with E-state index in [0.717, 1.165) is 5.56 Å². The molecule has 0 bridgehead atoms. The zero-order chi connectivity index (χ0) is 16.1. The molecular weight excluding hydrogens is 342 g/mol. The number of thioether (sulfide) groups is 1. The molecule has 1 aromatic rings. The Balaban J connectivity index is 1.99. The molecule has 0 saturated carbocycles. The van der Waals surface area contributed by atoms with E-state index < -0.39 is 5.97 Å². The van der Waals surface area contributed by atoms with Crippen LogP contribution in [0.15, 0.2) is 29.2 Å². The lowest BCUT2D eigenvalue weighted by molar-refractivity contribution is -0.305. The predicted octanol–water partition coefficient (Wildman–Crippen LogP) is 2.46. The van der Waals surface area contributed by atoms with Crippen LogP contribution in [-0.4, -0.2) is 27.6 Å². The molecule has 2 rings (SSSR count). The molecule has 0 atom stereocenters. The van der Waals surface area contributed by atoms with Gasteiger partial charge in [-0.3, -0.25) is 9.69 Å². The van der Waals surface area contributed by atoms with E-state index in [-0.39, 0.29) is 12.3 Å². The van der Waals surface area contributed by atoms with Crippen molar-refractivity contribution in [2.75, 3.05) is 6.54 Å². The highest BCUT2D eigenvalue weighted by molar-refractivity contribution is 8.26. The van der Waals surface area contributed by atoms with E-state index in [9.17, 15) is 14.7 Å². The van der Waals surface area contributed by atoms with Gasteiger partial charge < -0.3 is 9.90 Å². The first-order valence-corrected chi connectivity index (χ1v) is 8.28. The first-order chi connectivity index (χ1) is 10.5. The normalized spacial score (nSPS) is 16.6. The molecule has 1 aliphatic heterocycles. The summed E-state index contributed by atoms with van der Waals surface area (Å²) in [5.41, 5.74) is 0.877. The minimum absolute atomic E-state index is 0.00456. The van der Waals surface area contributed by atoms with Gasteiger partial charge in [0.25, 0.3) is 5.91 Å². The first-order valence-electron chi connectivity index (χ1n) is 6.68. The molecule has 1 aliphatic rings. The summed E-state index contributed by atoms with van der Waals surface area (Å²) < 4.78 is 0.499. The van der Waals surface area contributed by atoms with Crippen molar-refractivity contribution >= 4 is 57.9 Å². The predicted molar refractivity (Wildman–Crippen MR) is 90.2 cm³/mol. The number of hydrogen-bond acceptors (Lipinski definition) is 5. The van der Waals surface area contributed by atoms with Gasteiger partial charge in [0.05, 0.1) is 4.91 Å². The molecule has 1 saturated heterocycles. The second-order valence-electron chi connectivity index (χ2n) is 4.71. The van der Waals surface area contributed by atoms with Gasteiger partial charge in [-0.15, -0.1) is 0 Å². The number of carbonyl (C=O) groups excluding carboxylic acids is 2. The third-order valence-corrected chi connectivity index (χ3v) is 4.68. The van der Waals surface area contributed by atoms with Crippen molar-refractivity contribution in [3.05, 3.63) is 39.8 Å². The van der Waals surface area contributed by atoms with Gasteiger partial charge in [0.1, 0.15) is 4.32 Å². The largest absolute Gasteiger partial charge is 0.550 e. The van der Waals surface area contributed by atoms with Crippen molar-refractivity contribution in [1.82, 2.24) is 4.90 Å². The smallest absolute Gasteiger partial charge is 0.266 e. The zero-order valence-electron chi connectivity index (χ0n) is 11.6. The number of carboxylic acid groups (broad SMARTS) is 1. The topological polar surface area (TPSA) is 60.4 Å². The van der Waals surface area contributed by atoms with Crippen LogP contribution in [0.3, 0.4) is 0 Å². The van der Waals surface area contributed by atoms with Crippen LogP contribution in [0.25, 0.3) is 6.08 Å². The molecule has 4 nitrogen and oxygen atoms in total. The number of aliphatic carboxylic acids is 1. The van der Waals surface area contributed by atoms with E-state index in [1.54, 1.807) is 18.2 Å². The number of hydrogen-bond donors (Lipinski definition) is 0. The van der Waals surface area contributed by atoms with Crippen LogP contribution in [0.4, 0.5) is 0 Å². The fourth-order valence-electron chi connectivity index (χ4n) is 1.94. The summed E-state index contributed by atoms with van der Waals surface area (Å²) in [6.07, 6.45) is 2.82. The zero-order valence-corrected chi connectivity index (χ0v) is 14.0. The summed E-state index contributed by atoms with van der Waals surface area (Å²) in [6, 6.07) is 7.17. The summed E-state index contributed by atoms with van der Waals surface area (Å²) in [6.45, 7) is 0.426. The van der Waals surface area contributed by atoms with Crippen molar-refractivity contribution in [2.24, 2.45) is 0 Å². The van der Waals surface area contributed by atoms with Crippen LogP contribution in [0.2, 0.25) is 5.02 Å². The number of nitrogens with zero attached hydrogens (tertiary/aromatic N) is 1. The Morgan fingerprint density at radius 3 is 2.64 bits per heavy atom. The summed E-state index contributed by atoms with van der Waals surface area (Å²) in [5.74, 6) is -1.22. The van der Waals surface area contributed by atoms with Gasteiger partial charge in [-0.1, -0.05) is 47.7 Å². The Labute approximate surface area is 143 Å². The van der Waals surface area contributed by atoms with Crippen LogP contribution in [0.5, 0.6) is 0 Å². The maximum absolute atomic E-state index is 12.3. The third-order valence-electron chi connectivity index (χ3n) is 3.05. The number of halogens is 1. The first kappa shape index (κ1) is 17.0. The number of amides is 1. The molecule has 0 aromatic heterocycles. The van der Waals surface area contributed by atoms with Crippen molar-refractivity contribution in [1.29, 1.82) is 0 Å². The monoisotopic (exact) mass is 354 g/mol. The van der Waals surface area contributed by atoms with E-state index in [0.29, 0.717) is 33.6 Å². The SMILES string of the molecule is O=C([O-])CCCCN1C(=O)/C(=C\c2ccc(Cl)cc2)SC1=S. The summed E-state index contributed by atoms with van der Waals surface area (Å²) in [4.78, 5) is 24.7. The number of unbranched alkanes of at least 4 members (excludes halogenated alkanes) is 1. The van der Waals surface area contributed by atoms with Crippen molar-refractivity contribution in [3.63, 3.8) is 0 Å². The Morgan fingerprint density at radius 1 is 1.32 bits per heavy atom. The van der Waals surface area contributed by atoms with Crippen molar-refractivity contribution < 1.29 is 14.7 Å². The van der Waals surface area contributed by atoms with E-state index in [2.05, 4.69) is 0 Å². The fourth-order valence-corrected chi connectivity index (χ4v) is 3.38. The summed E-state index contributed by atoms with van der Waals surface area (Å²) in [5, 5.41) is 11.0. The Bertz CT molecular complexity index is 628. The molecule has 0 aliphatic carbocycles. The Kier molecular flexibility index (Phi) is 5.99. The average Bonchev–Trinajstić information content (AvgIpc) is 2.72. The highest BCUT2D eigenvalue weighted by atomic mass is 35.5. The maximum Gasteiger partial charge on any atom is 0.266 e. The molecule has 1 amide bonds. The van der Waals surface area contributed by atoms with Crippen LogP contribution < -0.4 is 5.11 Å². The van der Waals surface area contributed by atoms with Gasteiger partial charge in [-0.25, -0.2) is 0 Å². The molecule has 0 spiro atoms. The van der Waals surface area contributed by atoms with Crippen LogP contribution in [0, 0.1) is 0 Å². The molecule has 0 radical (unpaired) electrons. The quantitative estimate of drug-likeness (QED) is 0.446. The highest BCUT2D eigenvalue weighted by Crippen LogP contribution is 2.32. The van der Waals surface area contributed by atoms with Gasteiger partial charge in [-0.2, -0.15) is 0 Å². The highest BCUT2D eigenvalue weighted by Gasteiger charge is 2.31. The lowest BCUT2D eigenvalue weighted by Crippen LogP contribution is -2.29. The lowest BCUT2D eigenvalue weighted by Gasteiger charge is -2.14. The summed E-state index contributed by atoms with van der Waals surface area (Å²) >= 11 is 12.3. The molecule has 7 heteroatoms. The lowest BCUT2D eigenvalue weighted by atomic mass is 10.2. The molecule has 116 valence electrons. The van der Waals surface area contributed by atoms with Crippen LogP contribution in [0.1, 0.15) is 24.8 Å². The molecule has 1 aromatic carbocycles. The Morgan fingerprint density at radius 2 is 2.00 bits per heavy atom. The number of carbonyl (C=O) groups is 2. The molecule has 1 fully saturated rings. The number of carboxylic acids is 1. The number of thiocarbonyl (C=S) groups is 1. The molecular formula is C15H13ClNO3S2-. The van der Waals surface area contributed by atoms with E-state index in [4.69, 9.17) is 23.8 Å². The fraction of sp³-hybridized carbons (Fsp3) is 0.267. The van der Waals surface area contributed by atoms with E-state index in [1.165, 1.54) is 16.7 Å². The van der Waals surface area contributed by atoms with E-state index in [1.807, 2.05) is 12.1 Å².